The van der Waals surface area contributed by atoms with Crippen LogP contribution in [0.2, 0.25) is 0 Å². The first-order chi connectivity index (χ1) is 13.1. The standard InChI is InChI=1S/C24H40O3/c1-2-3-4-5-8-14-19-23(25)22(21-16-11-10-12-17-21)18-13-7-6-9-15-20-24(26)27/h10-12,16-17,22-23,25H,2-9,13-15,18-20H2,1H3,(H,26,27). The second-order valence-corrected chi connectivity index (χ2v) is 7.84. The topological polar surface area (TPSA) is 57.5 Å². The molecule has 0 amide bonds. The Bertz CT molecular complexity index is 472. The Morgan fingerprint density at radius 2 is 1.37 bits per heavy atom. The van der Waals surface area contributed by atoms with Gasteiger partial charge >= 0.3 is 5.97 Å². The Hall–Kier alpha value is -1.35. The number of carboxylic acids is 1. The highest BCUT2D eigenvalue weighted by molar-refractivity contribution is 5.66. The van der Waals surface area contributed by atoms with E-state index >= 15 is 0 Å². The van der Waals surface area contributed by atoms with Gasteiger partial charge in [0.2, 0.25) is 0 Å². The molecule has 3 heteroatoms. The van der Waals surface area contributed by atoms with Gasteiger partial charge in [-0.1, -0.05) is 101 Å². The normalized spacial score (nSPS) is 13.4. The highest BCUT2D eigenvalue weighted by Crippen LogP contribution is 2.29. The van der Waals surface area contributed by atoms with Gasteiger partial charge in [0.25, 0.3) is 0 Å². The predicted molar refractivity (Wildman–Crippen MR) is 113 cm³/mol. The third kappa shape index (κ3) is 11.9. The van der Waals surface area contributed by atoms with E-state index in [1.165, 1.54) is 37.7 Å². The molecule has 3 nitrogen and oxygen atoms in total. The van der Waals surface area contributed by atoms with E-state index in [9.17, 15) is 9.90 Å². The molecule has 1 aromatic carbocycles. The zero-order chi connectivity index (χ0) is 19.7. The summed E-state index contributed by atoms with van der Waals surface area (Å²) in [5, 5.41) is 19.5. The van der Waals surface area contributed by atoms with Gasteiger partial charge in [-0.05, 0) is 24.8 Å². The highest BCUT2D eigenvalue weighted by atomic mass is 16.4. The average Bonchev–Trinajstić information content (AvgIpc) is 2.67. The van der Waals surface area contributed by atoms with Crippen LogP contribution in [0.15, 0.2) is 30.3 Å². The van der Waals surface area contributed by atoms with Crippen molar-refractivity contribution in [3.8, 4) is 0 Å². The number of unbranched alkanes of at least 4 members (excludes halogenated alkanes) is 9. The van der Waals surface area contributed by atoms with Gasteiger partial charge in [-0.15, -0.1) is 0 Å². The van der Waals surface area contributed by atoms with Gasteiger partial charge in [0.1, 0.15) is 0 Å². The number of aliphatic carboxylic acids is 1. The number of aliphatic hydroxyl groups is 1. The molecule has 0 radical (unpaired) electrons. The lowest BCUT2D eigenvalue weighted by Gasteiger charge is -2.24. The maximum atomic E-state index is 10.8. The maximum Gasteiger partial charge on any atom is 0.303 e. The third-order valence-electron chi connectivity index (χ3n) is 5.45. The minimum Gasteiger partial charge on any atom is -0.481 e. The van der Waals surface area contributed by atoms with E-state index in [-0.39, 0.29) is 18.4 Å². The lowest BCUT2D eigenvalue weighted by Crippen LogP contribution is -2.18. The molecule has 0 fully saturated rings. The zero-order valence-electron chi connectivity index (χ0n) is 17.2. The van der Waals surface area contributed by atoms with Crippen LogP contribution in [-0.4, -0.2) is 22.3 Å². The van der Waals surface area contributed by atoms with Crippen LogP contribution >= 0.6 is 0 Å². The molecule has 0 saturated heterocycles. The van der Waals surface area contributed by atoms with Crippen LogP contribution in [0.3, 0.4) is 0 Å². The van der Waals surface area contributed by atoms with Crippen molar-refractivity contribution in [2.24, 2.45) is 0 Å². The van der Waals surface area contributed by atoms with Crippen LogP contribution in [0.25, 0.3) is 0 Å². The molecule has 0 aliphatic rings. The van der Waals surface area contributed by atoms with E-state index in [4.69, 9.17) is 5.11 Å². The summed E-state index contributed by atoms with van der Waals surface area (Å²) in [7, 11) is 0. The van der Waals surface area contributed by atoms with Crippen molar-refractivity contribution in [2.45, 2.75) is 109 Å². The Kier molecular flexibility index (Phi) is 13.8. The molecule has 2 atom stereocenters. The van der Waals surface area contributed by atoms with Crippen LogP contribution in [0.1, 0.15) is 108 Å². The average molecular weight is 377 g/mol. The van der Waals surface area contributed by atoms with Crippen LogP contribution in [0.4, 0.5) is 0 Å². The number of hydrogen-bond acceptors (Lipinski definition) is 2. The minimum absolute atomic E-state index is 0.223. The Morgan fingerprint density at radius 1 is 0.815 bits per heavy atom. The second-order valence-electron chi connectivity index (χ2n) is 7.84. The fourth-order valence-electron chi connectivity index (χ4n) is 3.79. The number of hydrogen-bond donors (Lipinski definition) is 2. The van der Waals surface area contributed by atoms with Crippen molar-refractivity contribution in [1.82, 2.24) is 0 Å². The smallest absolute Gasteiger partial charge is 0.303 e. The van der Waals surface area contributed by atoms with Crippen LogP contribution in [0.5, 0.6) is 0 Å². The summed E-state index contributed by atoms with van der Waals surface area (Å²) in [5.74, 6) is -0.474. The zero-order valence-corrected chi connectivity index (χ0v) is 17.2. The first-order valence-corrected chi connectivity index (χ1v) is 11.1. The van der Waals surface area contributed by atoms with Crippen molar-refractivity contribution >= 4 is 5.97 Å². The Morgan fingerprint density at radius 3 is 2.00 bits per heavy atom. The molecular weight excluding hydrogens is 336 g/mol. The summed E-state index contributed by atoms with van der Waals surface area (Å²) in [6.07, 6.45) is 14.5. The van der Waals surface area contributed by atoms with Crippen molar-refractivity contribution in [3.05, 3.63) is 35.9 Å². The number of carboxylic acid groups (broad SMARTS) is 1. The number of aliphatic hydroxyl groups excluding tert-OH is 1. The van der Waals surface area contributed by atoms with Gasteiger partial charge in [0.15, 0.2) is 0 Å². The molecule has 154 valence electrons. The molecule has 2 N–H and O–H groups in total. The van der Waals surface area contributed by atoms with E-state index in [0.29, 0.717) is 0 Å². The second kappa shape index (κ2) is 15.7. The number of rotatable bonds is 17. The SMILES string of the molecule is CCCCCCCCC(O)C(CCCCCCCC(=O)O)c1ccccc1. The van der Waals surface area contributed by atoms with Crippen LogP contribution in [0, 0.1) is 0 Å². The summed E-state index contributed by atoms with van der Waals surface area (Å²) in [6, 6.07) is 10.4. The molecule has 27 heavy (non-hydrogen) atoms. The molecule has 0 heterocycles. The molecule has 0 aliphatic carbocycles. The first kappa shape index (κ1) is 23.7. The minimum atomic E-state index is -0.697. The van der Waals surface area contributed by atoms with Gasteiger partial charge in [0.05, 0.1) is 6.10 Å². The Balaban J connectivity index is 2.34. The lowest BCUT2D eigenvalue weighted by atomic mass is 9.86. The fraction of sp³-hybridized carbons (Fsp3) is 0.708. The van der Waals surface area contributed by atoms with Crippen molar-refractivity contribution in [2.75, 3.05) is 0 Å². The molecular formula is C24H40O3. The van der Waals surface area contributed by atoms with Crippen molar-refractivity contribution in [1.29, 1.82) is 0 Å². The quantitative estimate of drug-likeness (QED) is 0.297. The molecule has 2 unspecified atom stereocenters. The van der Waals surface area contributed by atoms with Crippen LogP contribution in [-0.2, 0) is 4.79 Å². The Labute approximate surface area is 166 Å². The van der Waals surface area contributed by atoms with E-state index in [2.05, 4.69) is 31.2 Å². The van der Waals surface area contributed by atoms with E-state index in [0.717, 1.165) is 51.4 Å². The van der Waals surface area contributed by atoms with Crippen molar-refractivity contribution < 1.29 is 15.0 Å². The maximum absolute atomic E-state index is 10.8. The predicted octanol–water partition coefficient (Wildman–Crippen LogP) is 6.70. The lowest BCUT2D eigenvalue weighted by molar-refractivity contribution is -0.137. The van der Waals surface area contributed by atoms with Gasteiger partial charge in [-0.2, -0.15) is 0 Å². The summed E-state index contributed by atoms with van der Waals surface area (Å²) < 4.78 is 0. The van der Waals surface area contributed by atoms with Crippen LogP contribution < -0.4 is 0 Å². The summed E-state index contributed by atoms with van der Waals surface area (Å²) in [5.41, 5.74) is 1.25. The summed E-state index contributed by atoms with van der Waals surface area (Å²) in [4.78, 5) is 10.5. The fourth-order valence-corrected chi connectivity index (χ4v) is 3.79. The molecule has 0 bridgehead atoms. The first-order valence-electron chi connectivity index (χ1n) is 11.1. The number of carbonyl (C=O) groups is 1. The van der Waals surface area contributed by atoms with Crippen molar-refractivity contribution in [3.63, 3.8) is 0 Å². The third-order valence-corrected chi connectivity index (χ3v) is 5.45. The van der Waals surface area contributed by atoms with E-state index in [1.54, 1.807) is 0 Å². The summed E-state index contributed by atoms with van der Waals surface area (Å²) >= 11 is 0. The molecule has 0 saturated carbocycles. The largest absolute Gasteiger partial charge is 0.481 e. The van der Waals surface area contributed by atoms with Gasteiger partial charge < -0.3 is 10.2 Å². The molecule has 0 spiro atoms. The molecule has 1 rings (SSSR count). The van der Waals surface area contributed by atoms with Gasteiger partial charge in [0, 0.05) is 12.3 Å². The van der Waals surface area contributed by atoms with E-state index in [1.807, 2.05) is 6.07 Å². The number of benzene rings is 1. The summed E-state index contributed by atoms with van der Waals surface area (Å²) in [6.45, 7) is 2.24. The molecule has 0 aliphatic heterocycles. The van der Waals surface area contributed by atoms with E-state index < -0.39 is 5.97 Å². The molecule has 0 aromatic heterocycles. The van der Waals surface area contributed by atoms with Gasteiger partial charge in [-0.3, -0.25) is 4.79 Å². The highest BCUT2D eigenvalue weighted by Gasteiger charge is 2.20. The van der Waals surface area contributed by atoms with Gasteiger partial charge in [-0.25, -0.2) is 0 Å². The monoisotopic (exact) mass is 376 g/mol. The molecule has 1 aromatic rings.